The molecule has 1 amide bonds. The van der Waals surface area contributed by atoms with Gasteiger partial charge in [-0.05, 0) is 66.7 Å². The minimum absolute atomic E-state index is 0.00271. The van der Waals surface area contributed by atoms with Gasteiger partial charge in [-0.2, -0.15) is 0 Å². The number of piperidine rings is 1. The number of anilines is 1. The Morgan fingerprint density at radius 1 is 1.14 bits per heavy atom. The van der Waals surface area contributed by atoms with Crippen molar-refractivity contribution in [3.05, 3.63) is 78.6 Å². The SMILES string of the molecule is Cn1cc(-c2ccc(C(=O)N(c3nccc4cc(-c5ccncc5)sc34)[C@@H]3CCCNC3)c(F)c2)nn1. The van der Waals surface area contributed by atoms with Gasteiger partial charge in [0.15, 0.2) is 5.82 Å². The molecule has 5 aromatic rings. The van der Waals surface area contributed by atoms with Gasteiger partial charge in [0.25, 0.3) is 5.91 Å². The van der Waals surface area contributed by atoms with Crippen LogP contribution in [-0.4, -0.2) is 50.0 Å². The van der Waals surface area contributed by atoms with Crippen molar-refractivity contribution in [3.63, 3.8) is 0 Å². The third kappa shape index (κ3) is 4.49. The first-order chi connectivity index (χ1) is 18.1. The van der Waals surface area contributed by atoms with Crippen LogP contribution in [0.4, 0.5) is 10.2 Å². The number of nitrogens with zero attached hydrogens (tertiary/aromatic N) is 6. The number of aromatic nitrogens is 5. The average Bonchev–Trinajstić information content (AvgIpc) is 3.57. The zero-order chi connectivity index (χ0) is 25.4. The second-order valence-corrected chi connectivity index (χ2v) is 10.1. The van der Waals surface area contributed by atoms with E-state index in [-0.39, 0.29) is 11.6 Å². The van der Waals surface area contributed by atoms with Gasteiger partial charge < -0.3 is 5.32 Å². The van der Waals surface area contributed by atoms with Crippen molar-refractivity contribution in [2.24, 2.45) is 7.05 Å². The first-order valence-electron chi connectivity index (χ1n) is 12.1. The first kappa shape index (κ1) is 23.4. The van der Waals surface area contributed by atoms with Crippen molar-refractivity contribution in [2.75, 3.05) is 18.0 Å². The number of hydrogen-bond acceptors (Lipinski definition) is 7. The molecule has 1 aliphatic heterocycles. The number of fused-ring (bicyclic) bond motifs is 1. The van der Waals surface area contributed by atoms with Crippen LogP contribution < -0.4 is 10.2 Å². The summed E-state index contributed by atoms with van der Waals surface area (Å²) in [4.78, 5) is 25.5. The third-order valence-corrected chi connectivity index (χ3v) is 7.76. The monoisotopic (exact) mass is 513 g/mol. The van der Waals surface area contributed by atoms with E-state index in [1.807, 2.05) is 18.2 Å². The Kier molecular flexibility index (Phi) is 6.19. The molecule has 6 rings (SSSR count). The van der Waals surface area contributed by atoms with E-state index in [1.54, 1.807) is 58.8 Å². The number of carbonyl (C=O) groups is 1. The predicted octanol–water partition coefficient (Wildman–Crippen LogP) is 4.69. The van der Waals surface area contributed by atoms with E-state index in [9.17, 15) is 4.79 Å². The molecule has 10 heteroatoms. The summed E-state index contributed by atoms with van der Waals surface area (Å²) in [6.07, 6.45) is 8.67. The lowest BCUT2D eigenvalue weighted by Gasteiger charge is -2.34. The lowest BCUT2D eigenvalue weighted by atomic mass is 10.0. The van der Waals surface area contributed by atoms with E-state index in [0.29, 0.717) is 23.6 Å². The summed E-state index contributed by atoms with van der Waals surface area (Å²) in [6, 6.07) is 12.4. The maximum Gasteiger partial charge on any atom is 0.262 e. The standard InChI is InChI=1S/C27H24FN7OS/c1-34-16-23(32-33-34)18-4-5-21(22(28)13-18)27(36)35(20-3-2-9-30-15-20)26-25-19(8-12-31-26)14-24(37-25)17-6-10-29-11-7-17/h4-8,10-14,16,20,30H,2-3,9,15H2,1H3/t20-/m1/s1. The molecule has 1 fully saturated rings. The van der Waals surface area contributed by atoms with Crippen LogP contribution in [0, 0.1) is 5.82 Å². The van der Waals surface area contributed by atoms with Crippen molar-refractivity contribution in [2.45, 2.75) is 18.9 Å². The Balaban J connectivity index is 1.43. The molecule has 0 bridgehead atoms. The molecule has 1 atom stereocenters. The number of nitrogens with one attached hydrogen (secondary N) is 1. The largest absolute Gasteiger partial charge is 0.315 e. The topological polar surface area (TPSA) is 88.8 Å². The van der Waals surface area contributed by atoms with Gasteiger partial charge in [-0.3, -0.25) is 19.4 Å². The van der Waals surface area contributed by atoms with Crippen LogP contribution in [-0.2, 0) is 7.05 Å². The summed E-state index contributed by atoms with van der Waals surface area (Å²) in [5.74, 6) is -0.451. The first-order valence-corrected chi connectivity index (χ1v) is 12.9. The number of pyridine rings is 2. The molecule has 5 heterocycles. The Morgan fingerprint density at radius 2 is 2.00 bits per heavy atom. The number of aryl methyl sites for hydroxylation is 1. The fourth-order valence-electron chi connectivity index (χ4n) is 4.73. The van der Waals surface area contributed by atoms with Gasteiger partial charge in [0, 0.05) is 42.6 Å². The van der Waals surface area contributed by atoms with Gasteiger partial charge >= 0.3 is 0 Å². The second-order valence-electron chi connectivity index (χ2n) is 9.05. The molecule has 0 saturated carbocycles. The highest BCUT2D eigenvalue weighted by molar-refractivity contribution is 7.22. The fourth-order valence-corrected chi connectivity index (χ4v) is 5.87. The lowest BCUT2D eigenvalue weighted by Crippen LogP contribution is -2.49. The van der Waals surface area contributed by atoms with Crippen LogP contribution >= 0.6 is 11.3 Å². The van der Waals surface area contributed by atoms with Gasteiger partial charge in [-0.1, -0.05) is 11.3 Å². The van der Waals surface area contributed by atoms with Crippen molar-refractivity contribution in [1.82, 2.24) is 30.3 Å². The molecule has 0 unspecified atom stereocenters. The van der Waals surface area contributed by atoms with E-state index in [1.165, 1.54) is 12.1 Å². The third-order valence-electron chi connectivity index (χ3n) is 6.56. The number of thiophene rings is 1. The molecule has 37 heavy (non-hydrogen) atoms. The van der Waals surface area contributed by atoms with E-state index in [4.69, 9.17) is 0 Å². The molecule has 1 aliphatic rings. The van der Waals surface area contributed by atoms with Gasteiger partial charge in [0.05, 0.1) is 22.5 Å². The number of amides is 1. The van der Waals surface area contributed by atoms with E-state index >= 15 is 4.39 Å². The van der Waals surface area contributed by atoms with E-state index in [0.717, 1.165) is 39.9 Å². The Hall–Kier alpha value is -4.02. The molecule has 8 nitrogen and oxygen atoms in total. The molecule has 1 saturated heterocycles. The lowest BCUT2D eigenvalue weighted by molar-refractivity contribution is 0.0968. The molecule has 0 aliphatic carbocycles. The van der Waals surface area contributed by atoms with Crippen LogP contribution in [0.25, 0.3) is 31.8 Å². The van der Waals surface area contributed by atoms with Crippen LogP contribution in [0.3, 0.4) is 0 Å². The Labute approximate surface area is 216 Å². The van der Waals surface area contributed by atoms with Crippen LogP contribution in [0.2, 0.25) is 0 Å². The quantitative estimate of drug-likeness (QED) is 0.367. The summed E-state index contributed by atoms with van der Waals surface area (Å²) < 4.78 is 17.9. The van der Waals surface area contributed by atoms with Gasteiger partial charge in [-0.15, -0.1) is 16.4 Å². The summed E-state index contributed by atoms with van der Waals surface area (Å²) in [7, 11) is 1.75. The molecule has 0 spiro atoms. The van der Waals surface area contributed by atoms with Gasteiger partial charge in [0.2, 0.25) is 0 Å². The minimum Gasteiger partial charge on any atom is -0.315 e. The smallest absolute Gasteiger partial charge is 0.262 e. The maximum atomic E-state index is 15.4. The number of benzene rings is 1. The number of hydrogen-bond donors (Lipinski definition) is 1. The van der Waals surface area contributed by atoms with Gasteiger partial charge in [0.1, 0.15) is 11.5 Å². The summed E-state index contributed by atoms with van der Waals surface area (Å²) in [6.45, 7) is 1.51. The van der Waals surface area contributed by atoms with Crippen molar-refractivity contribution in [3.8, 4) is 21.7 Å². The van der Waals surface area contributed by atoms with E-state index < -0.39 is 11.7 Å². The molecule has 4 aromatic heterocycles. The van der Waals surface area contributed by atoms with Crippen LogP contribution in [0.15, 0.2) is 67.3 Å². The predicted molar refractivity (Wildman–Crippen MR) is 142 cm³/mol. The normalized spacial score (nSPS) is 15.7. The van der Waals surface area contributed by atoms with E-state index in [2.05, 4.69) is 31.7 Å². The highest BCUT2D eigenvalue weighted by Crippen LogP contribution is 2.39. The summed E-state index contributed by atoms with van der Waals surface area (Å²) >= 11 is 1.57. The number of halogens is 1. The maximum absolute atomic E-state index is 15.4. The average molecular weight is 514 g/mol. The van der Waals surface area contributed by atoms with Crippen LogP contribution in [0.5, 0.6) is 0 Å². The number of carbonyl (C=O) groups excluding carboxylic acids is 1. The van der Waals surface area contributed by atoms with Gasteiger partial charge in [-0.25, -0.2) is 9.37 Å². The van der Waals surface area contributed by atoms with Crippen molar-refractivity contribution in [1.29, 1.82) is 0 Å². The summed E-state index contributed by atoms with van der Waals surface area (Å²) in [5, 5.41) is 12.3. The molecular formula is C27H24FN7OS. The fraction of sp³-hybridized carbons (Fsp3) is 0.222. The van der Waals surface area contributed by atoms with Crippen molar-refractivity contribution < 1.29 is 9.18 Å². The molecule has 186 valence electrons. The molecular weight excluding hydrogens is 489 g/mol. The number of rotatable bonds is 5. The summed E-state index contributed by atoms with van der Waals surface area (Å²) in [5.41, 5.74) is 2.16. The highest BCUT2D eigenvalue weighted by atomic mass is 32.1. The zero-order valence-corrected chi connectivity index (χ0v) is 21.0. The van der Waals surface area contributed by atoms with Crippen molar-refractivity contribution >= 4 is 33.1 Å². The minimum atomic E-state index is -0.599. The second kappa shape index (κ2) is 9.79. The highest BCUT2D eigenvalue weighted by Gasteiger charge is 2.32. The van der Waals surface area contributed by atoms with Crippen LogP contribution in [0.1, 0.15) is 23.2 Å². The molecule has 1 aromatic carbocycles. The zero-order valence-electron chi connectivity index (χ0n) is 20.1. The molecule has 0 radical (unpaired) electrons. The molecule has 1 N–H and O–H groups in total. The Bertz CT molecular complexity index is 1580. The Morgan fingerprint density at radius 3 is 2.73 bits per heavy atom.